The van der Waals surface area contributed by atoms with Crippen LogP contribution in [-0.2, 0) is 11.3 Å². The standard InChI is InChI=1S/C19H24N2O2/c1-13-8-14(2)10-18(9-13)21-20-15(3)16-6-7-19(23-5)17(11-16)12-22-4/h6-11,21H,12H2,1-5H3/b20-15-. The first-order valence-electron chi connectivity index (χ1n) is 7.58. The van der Waals surface area contributed by atoms with E-state index in [0.717, 1.165) is 28.3 Å². The molecule has 0 atom stereocenters. The molecule has 2 aromatic rings. The summed E-state index contributed by atoms with van der Waals surface area (Å²) < 4.78 is 10.6. The zero-order valence-electron chi connectivity index (χ0n) is 14.4. The maximum Gasteiger partial charge on any atom is 0.124 e. The summed E-state index contributed by atoms with van der Waals surface area (Å²) in [6, 6.07) is 12.3. The van der Waals surface area contributed by atoms with Gasteiger partial charge in [0, 0.05) is 12.7 Å². The van der Waals surface area contributed by atoms with Gasteiger partial charge in [-0.05, 0) is 67.8 Å². The van der Waals surface area contributed by atoms with Crippen molar-refractivity contribution in [2.75, 3.05) is 19.6 Å². The number of anilines is 1. The first kappa shape index (κ1) is 17.0. The molecule has 0 radical (unpaired) electrons. The summed E-state index contributed by atoms with van der Waals surface area (Å²) in [5.41, 5.74) is 9.50. The van der Waals surface area contributed by atoms with Crippen molar-refractivity contribution in [3.8, 4) is 5.75 Å². The Bertz CT molecular complexity index is 688. The van der Waals surface area contributed by atoms with E-state index in [4.69, 9.17) is 9.47 Å². The predicted octanol–water partition coefficient (Wildman–Crippen LogP) is 4.29. The van der Waals surface area contributed by atoms with E-state index in [9.17, 15) is 0 Å². The Hall–Kier alpha value is -2.33. The number of aryl methyl sites for hydroxylation is 2. The molecule has 122 valence electrons. The number of ether oxygens (including phenoxy) is 2. The Morgan fingerprint density at radius 2 is 1.74 bits per heavy atom. The van der Waals surface area contributed by atoms with E-state index in [1.165, 1.54) is 11.1 Å². The van der Waals surface area contributed by atoms with Crippen molar-refractivity contribution in [1.82, 2.24) is 0 Å². The molecule has 0 saturated carbocycles. The van der Waals surface area contributed by atoms with Crippen LogP contribution in [0, 0.1) is 13.8 Å². The topological polar surface area (TPSA) is 42.8 Å². The molecule has 4 nitrogen and oxygen atoms in total. The molecule has 0 aliphatic rings. The van der Waals surface area contributed by atoms with Crippen LogP contribution in [-0.4, -0.2) is 19.9 Å². The molecule has 0 heterocycles. The Balaban J connectivity index is 2.21. The molecule has 2 rings (SSSR count). The predicted molar refractivity (Wildman–Crippen MR) is 95.5 cm³/mol. The lowest BCUT2D eigenvalue weighted by Crippen LogP contribution is -2.02. The second-order valence-corrected chi connectivity index (χ2v) is 5.65. The molecule has 1 N–H and O–H groups in total. The minimum Gasteiger partial charge on any atom is -0.496 e. The van der Waals surface area contributed by atoms with Gasteiger partial charge in [0.05, 0.1) is 25.1 Å². The van der Waals surface area contributed by atoms with Gasteiger partial charge in [-0.25, -0.2) is 0 Å². The molecule has 0 aromatic heterocycles. The second-order valence-electron chi connectivity index (χ2n) is 5.65. The number of rotatable bonds is 6. The minimum absolute atomic E-state index is 0.509. The van der Waals surface area contributed by atoms with Gasteiger partial charge < -0.3 is 9.47 Å². The van der Waals surface area contributed by atoms with E-state index in [0.29, 0.717) is 6.61 Å². The first-order valence-corrected chi connectivity index (χ1v) is 7.58. The van der Waals surface area contributed by atoms with Crippen LogP contribution in [0.15, 0.2) is 41.5 Å². The van der Waals surface area contributed by atoms with E-state index in [1.54, 1.807) is 14.2 Å². The van der Waals surface area contributed by atoms with Crippen molar-refractivity contribution >= 4 is 11.4 Å². The van der Waals surface area contributed by atoms with E-state index >= 15 is 0 Å². The fraction of sp³-hybridized carbons (Fsp3) is 0.316. The van der Waals surface area contributed by atoms with Crippen molar-refractivity contribution < 1.29 is 9.47 Å². The zero-order chi connectivity index (χ0) is 16.8. The van der Waals surface area contributed by atoms with Crippen LogP contribution in [0.25, 0.3) is 0 Å². The lowest BCUT2D eigenvalue weighted by Gasteiger charge is -2.10. The third-order valence-electron chi connectivity index (χ3n) is 3.57. The molecule has 23 heavy (non-hydrogen) atoms. The first-order chi connectivity index (χ1) is 11.0. The van der Waals surface area contributed by atoms with Crippen molar-refractivity contribution in [2.45, 2.75) is 27.4 Å². The zero-order valence-corrected chi connectivity index (χ0v) is 14.4. The lowest BCUT2D eigenvalue weighted by atomic mass is 10.1. The molecule has 0 saturated heterocycles. The highest BCUT2D eigenvalue weighted by Gasteiger charge is 2.06. The molecule has 0 unspecified atom stereocenters. The number of methoxy groups -OCH3 is 2. The summed E-state index contributed by atoms with van der Waals surface area (Å²) in [7, 11) is 3.34. The highest BCUT2D eigenvalue weighted by Crippen LogP contribution is 2.21. The van der Waals surface area contributed by atoms with Crippen LogP contribution in [0.3, 0.4) is 0 Å². The van der Waals surface area contributed by atoms with Crippen molar-refractivity contribution in [1.29, 1.82) is 0 Å². The summed E-state index contributed by atoms with van der Waals surface area (Å²) >= 11 is 0. The number of hydrogen-bond donors (Lipinski definition) is 1. The van der Waals surface area contributed by atoms with Crippen LogP contribution in [0.2, 0.25) is 0 Å². The maximum atomic E-state index is 5.35. The van der Waals surface area contributed by atoms with Crippen molar-refractivity contribution in [3.63, 3.8) is 0 Å². The smallest absolute Gasteiger partial charge is 0.124 e. The Labute approximate surface area is 138 Å². The van der Waals surface area contributed by atoms with Gasteiger partial charge >= 0.3 is 0 Å². The number of nitrogens with zero attached hydrogens (tertiary/aromatic N) is 1. The van der Waals surface area contributed by atoms with Gasteiger partial charge in [0.2, 0.25) is 0 Å². The summed E-state index contributed by atoms with van der Waals surface area (Å²) in [4.78, 5) is 0. The number of benzene rings is 2. The van der Waals surface area contributed by atoms with E-state index in [2.05, 4.69) is 42.6 Å². The molecule has 2 aromatic carbocycles. The summed E-state index contributed by atoms with van der Waals surface area (Å²) in [5.74, 6) is 0.825. The largest absolute Gasteiger partial charge is 0.496 e. The molecule has 4 heteroatoms. The number of nitrogens with one attached hydrogen (secondary N) is 1. The molecular formula is C19H24N2O2. The summed E-state index contributed by atoms with van der Waals surface area (Å²) in [6.07, 6.45) is 0. The SMILES string of the molecule is COCc1cc(/C(C)=N\Nc2cc(C)cc(C)c2)ccc1OC. The molecular weight excluding hydrogens is 288 g/mol. The van der Waals surface area contributed by atoms with Gasteiger partial charge in [-0.1, -0.05) is 6.07 Å². The van der Waals surface area contributed by atoms with Crippen LogP contribution >= 0.6 is 0 Å². The number of hydrogen-bond acceptors (Lipinski definition) is 4. The van der Waals surface area contributed by atoms with Crippen molar-refractivity contribution in [2.24, 2.45) is 5.10 Å². The maximum absolute atomic E-state index is 5.35. The van der Waals surface area contributed by atoms with Crippen molar-refractivity contribution in [3.05, 3.63) is 58.7 Å². The van der Waals surface area contributed by atoms with Gasteiger partial charge in [-0.15, -0.1) is 0 Å². The van der Waals surface area contributed by atoms with Gasteiger partial charge in [0.15, 0.2) is 0 Å². The van der Waals surface area contributed by atoms with Crippen LogP contribution in [0.5, 0.6) is 5.75 Å². The van der Waals surface area contributed by atoms with Gasteiger partial charge in [0.1, 0.15) is 5.75 Å². The lowest BCUT2D eigenvalue weighted by molar-refractivity contribution is 0.181. The average molecular weight is 312 g/mol. The van der Waals surface area contributed by atoms with E-state index in [1.807, 2.05) is 25.1 Å². The van der Waals surface area contributed by atoms with Gasteiger partial charge in [-0.3, -0.25) is 5.43 Å². The molecule has 0 spiro atoms. The fourth-order valence-corrected chi connectivity index (χ4v) is 2.52. The van der Waals surface area contributed by atoms with Crippen LogP contribution in [0.1, 0.15) is 29.2 Å². The average Bonchev–Trinajstić information content (AvgIpc) is 2.52. The molecule has 0 amide bonds. The van der Waals surface area contributed by atoms with Crippen LogP contribution < -0.4 is 10.2 Å². The Morgan fingerprint density at radius 3 is 2.35 bits per heavy atom. The fourth-order valence-electron chi connectivity index (χ4n) is 2.52. The molecule has 0 aliphatic carbocycles. The van der Waals surface area contributed by atoms with Gasteiger partial charge in [0.25, 0.3) is 0 Å². The van der Waals surface area contributed by atoms with E-state index in [-0.39, 0.29) is 0 Å². The summed E-state index contributed by atoms with van der Waals surface area (Å²) in [5, 5.41) is 4.49. The quantitative estimate of drug-likeness (QED) is 0.639. The third-order valence-corrected chi connectivity index (χ3v) is 3.57. The summed E-state index contributed by atoms with van der Waals surface area (Å²) in [6.45, 7) is 6.65. The molecule has 0 aliphatic heterocycles. The Kier molecular flexibility index (Phi) is 5.77. The second kappa shape index (κ2) is 7.79. The third kappa shape index (κ3) is 4.57. The highest BCUT2D eigenvalue weighted by molar-refractivity contribution is 5.99. The van der Waals surface area contributed by atoms with Crippen LogP contribution in [0.4, 0.5) is 5.69 Å². The Morgan fingerprint density at radius 1 is 1.04 bits per heavy atom. The number of hydrazone groups is 1. The van der Waals surface area contributed by atoms with E-state index < -0.39 is 0 Å². The normalized spacial score (nSPS) is 11.4. The molecule has 0 fully saturated rings. The highest BCUT2D eigenvalue weighted by atomic mass is 16.5. The molecule has 0 bridgehead atoms. The van der Waals surface area contributed by atoms with Gasteiger partial charge in [-0.2, -0.15) is 5.10 Å². The minimum atomic E-state index is 0.509. The monoisotopic (exact) mass is 312 g/mol.